The smallest absolute Gasteiger partial charge is 0.254 e. The Bertz CT molecular complexity index is 305. The van der Waals surface area contributed by atoms with E-state index in [-0.39, 0.29) is 0 Å². The molecule has 3 nitrogen and oxygen atoms in total. The van der Waals surface area contributed by atoms with Crippen LogP contribution in [0.15, 0.2) is 18.3 Å². The molecule has 1 aromatic heterocycles. The highest BCUT2D eigenvalue weighted by molar-refractivity contribution is 5.14. The summed E-state index contributed by atoms with van der Waals surface area (Å²) in [6, 6.07) is 2.70. The summed E-state index contributed by atoms with van der Waals surface area (Å²) in [5, 5.41) is 11.9. The molecule has 1 aromatic rings. The van der Waals surface area contributed by atoms with E-state index < -0.39 is 11.7 Å². The van der Waals surface area contributed by atoms with Crippen molar-refractivity contribution in [3.63, 3.8) is 0 Å². The number of halogens is 1. The van der Waals surface area contributed by atoms with Gasteiger partial charge >= 0.3 is 0 Å². The van der Waals surface area contributed by atoms with Gasteiger partial charge in [-0.05, 0) is 49.9 Å². The van der Waals surface area contributed by atoms with E-state index in [1.807, 2.05) is 0 Å². The number of aromatic hydroxyl groups is 1. The van der Waals surface area contributed by atoms with E-state index in [4.69, 9.17) is 5.11 Å². The van der Waals surface area contributed by atoms with Crippen molar-refractivity contribution in [1.29, 1.82) is 0 Å². The van der Waals surface area contributed by atoms with Crippen LogP contribution in [0.5, 0.6) is 5.75 Å². The van der Waals surface area contributed by atoms with Gasteiger partial charge in [0.2, 0.25) is 0 Å². The molecule has 3 rings (SSSR count). The van der Waals surface area contributed by atoms with Crippen molar-refractivity contribution in [3.05, 3.63) is 24.3 Å². The van der Waals surface area contributed by atoms with E-state index in [1.165, 1.54) is 50.7 Å². The van der Waals surface area contributed by atoms with E-state index in [0.29, 0.717) is 0 Å². The molecule has 4 heteroatoms. The molecule has 0 radical (unpaired) electrons. The number of aromatic nitrogens is 1. The van der Waals surface area contributed by atoms with Crippen LogP contribution in [0.4, 0.5) is 4.39 Å². The molecule has 2 atom stereocenters. The lowest BCUT2D eigenvalue weighted by molar-refractivity contribution is 0.419. The third-order valence-corrected chi connectivity index (χ3v) is 3.37. The van der Waals surface area contributed by atoms with Gasteiger partial charge in [-0.2, -0.15) is 4.39 Å². The van der Waals surface area contributed by atoms with Crippen molar-refractivity contribution >= 4 is 0 Å². The fourth-order valence-corrected chi connectivity index (χ4v) is 2.48. The van der Waals surface area contributed by atoms with E-state index in [0.717, 1.165) is 11.8 Å². The van der Waals surface area contributed by atoms with Gasteiger partial charge < -0.3 is 10.4 Å². The normalized spacial score (nSPS) is 27.1. The Hall–Kier alpha value is -1.16. The van der Waals surface area contributed by atoms with Gasteiger partial charge in [-0.1, -0.05) is 6.42 Å². The lowest BCUT2D eigenvalue weighted by atomic mass is 10.0. The molecule has 2 aliphatic rings. The van der Waals surface area contributed by atoms with Crippen molar-refractivity contribution in [3.8, 4) is 5.75 Å². The van der Waals surface area contributed by atoms with Gasteiger partial charge in [0.05, 0.1) is 0 Å². The second-order valence-corrected chi connectivity index (χ2v) is 4.42. The maximum atomic E-state index is 12.0. The van der Waals surface area contributed by atoms with Gasteiger partial charge in [0.1, 0.15) is 0 Å². The molecule has 0 bridgehead atoms. The molecule has 2 heterocycles. The highest BCUT2D eigenvalue weighted by atomic mass is 19.1. The maximum Gasteiger partial charge on any atom is 0.254 e. The summed E-state index contributed by atoms with van der Waals surface area (Å²) in [6.07, 6.45) is 5.77. The van der Waals surface area contributed by atoms with Crippen molar-refractivity contribution in [2.24, 2.45) is 11.8 Å². The summed E-state index contributed by atoms with van der Waals surface area (Å²) in [4.78, 5) is 3.16. The molecule has 1 aliphatic carbocycles. The Morgan fingerprint density at radius 1 is 1.31 bits per heavy atom. The highest BCUT2D eigenvalue weighted by Crippen LogP contribution is 2.33. The van der Waals surface area contributed by atoms with E-state index in [2.05, 4.69) is 10.3 Å². The van der Waals surface area contributed by atoms with Crippen LogP contribution in [-0.2, 0) is 0 Å². The number of pyridine rings is 1. The second kappa shape index (κ2) is 5.25. The minimum absolute atomic E-state index is 0.410. The summed E-state index contributed by atoms with van der Waals surface area (Å²) >= 11 is 0. The fourth-order valence-electron chi connectivity index (χ4n) is 2.48. The molecule has 0 spiro atoms. The molecule has 2 N–H and O–H groups in total. The number of fused-ring (bicyclic) bond motifs is 1. The number of nitrogens with zero attached hydrogens (tertiary/aromatic N) is 1. The van der Waals surface area contributed by atoms with E-state index in [1.54, 1.807) is 0 Å². The summed E-state index contributed by atoms with van der Waals surface area (Å²) in [5.74, 6) is 0.894. The van der Waals surface area contributed by atoms with Crippen LogP contribution in [0.2, 0.25) is 0 Å². The second-order valence-electron chi connectivity index (χ2n) is 4.42. The van der Waals surface area contributed by atoms with Gasteiger partial charge in [0.25, 0.3) is 5.95 Å². The van der Waals surface area contributed by atoms with Crippen LogP contribution in [0.1, 0.15) is 19.3 Å². The molecule has 88 valence electrons. The average molecular weight is 224 g/mol. The van der Waals surface area contributed by atoms with E-state index in [9.17, 15) is 4.39 Å². The van der Waals surface area contributed by atoms with Crippen LogP contribution >= 0.6 is 0 Å². The largest absolute Gasteiger partial charge is 0.504 e. The molecular weight excluding hydrogens is 207 g/mol. The van der Waals surface area contributed by atoms with E-state index >= 15 is 0 Å². The summed E-state index contributed by atoms with van der Waals surface area (Å²) in [6.45, 7) is 2.62. The van der Waals surface area contributed by atoms with Crippen LogP contribution < -0.4 is 5.32 Å². The molecule has 2 fully saturated rings. The lowest BCUT2D eigenvalue weighted by Gasteiger charge is -2.02. The molecular formula is C12H17FN2O. The molecule has 16 heavy (non-hydrogen) atoms. The Morgan fingerprint density at radius 3 is 2.50 bits per heavy atom. The van der Waals surface area contributed by atoms with Crippen LogP contribution in [0.3, 0.4) is 0 Å². The zero-order valence-corrected chi connectivity index (χ0v) is 9.19. The zero-order chi connectivity index (χ0) is 11.4. The van der Waals surface area contributed by atoms with Crippen molar-refractivity contribution in [2.75, 3.05) is 13.1 Å². The predicted molar refractivity (Wildman–Crippen MR) is 59.6 cm³/mol. The maximum absolute atomic E-state index is 12.0. The first kappa shape index (κ1) is 11.3. The Kier molecular flexibility index (Phi) is 3.72. The summed E-state index contributed by atoms with van der Waals surface area (Å²) < 4.78 is 12.0. The third kappa shape index (κ3) is 2.70. The standard InChI is InChI=1S/C7H13N.C5H4FNO/c1-2-6-4-8-5-7(6)3-1;6-5-4(8)2-1-3-7-5/h6-8H,1-5H2;1-3,8H/t6-,7+;. The number of rotatable bonds is 0. The molecule has 1 saturated carbocycles. The molecule has 1 saturated heterocycles. The first-order valence-corrected chi connectivity index (χ1v) is 5.77. The number of nitrogens with one attached hydrogen (secondary N) is 1. The quantitative estimate of drug-likeness (QED) is 0.662. The topological polar surface area (TPSA) is 45.1 Å². The number of hydrogen-bond donors (Lipinski definition) is 2. The monoisotopic (exact) mass is 224 g/mol. The zero-order valence-electron chi connectivity index (χ0n) is 9.19. The van der Waals surface area contributed by atoms with Crippen LogP contribution in [0.25, 0.3) is 0 Å². The summed E-state index contributed by atoms with van der Waals surface area (Å²) in [5.41, 5.74) is 0. The molecule has 0 unspecified atom stereocenters. The van der Waals surface area contributed by atoms with Crippen LogP contribution in [0, 0.1) is 17.8 Å². The van der Waals surface area contributed by atoms with Gasteiger partial charge in [-0.25, -0.2) is 4.98 Å². The van der Waals surface area contributed by atoms with Crippen molar-refractivity contribution in [2.45, 2.75) is 19.3 Å². The van der Waals surface area contributed by atoms with Crippen LogP contribution in [-0.4, -0.2) is 23.2 Å². The fraction of sp³-hybridized carbons (Fsp3) is 0.583. The SMILES string of the molecule is C1C[C@@H]2CNC[C@@H]2C1.Oc1cccnc1F. The lowest BCUT2D eigenvalue weighted by Crippen LogP contribution is -2.08. The highest BCUT2D eigenvalue weighted by Gasteiger charge is 2.30. The Labute approximate surface area is 94.7 Å². The third-order valence-electron chi connectivity index (χ3n) is 3.37. The minimum atomic E-state index is -0.826. The molecule has 0 amide bonds. The first-order chi connectivity index (χ1) is 7.77. The van der Waals surface area contributed by atoms with Gasteiger partial charge in [-0.3, -0.25) is 0 Å². The van der Waals surface area contributed by atoms with Gasteiger partial charge in [-0.15, -0.1) is 0 Å². The number of hydrogen-bond acceptors (Lipinski definition) is 3. The van der Waals surface area contributed by atoms with Gasteiger partial charge in [0, 0.05) is 6.20 Å². The molecule has 0 aromatic carbocycles. The Morgan fingerprint density at radius 2 is 2.00 bits per heavy atom. The Balaban J connectivity index is 0.000000120. The van der Waals surface area contributed by atoms with Crippen molar-refractivity contribution < 1.29 is 9.50 Å². The van der Waals surface area contributed by atoms with Gasteiger partial charge in [0.15, 0.2) is 5.75 Å². The van der Waals surface area contributed by atoms with Crippen molar-refractivity contribution in [1.82, 2.24) is 10.3 Å². The minimum Gasteiger partial charge on any atom is -0.504 e. The average Bonchev–Trinajstić information content (AvgIpc) is 2.85. The molecule has 1 aliphatic heterocycles. The first-order valence-electron chi connectivity index (χ1n) is 5.77. The summed E-state index contributed by atoms with van der Waals surface area (Å²) in [7, 11) is 0. The predicted octanol–water partition coefficient (Wildman–Crippen LogP) is 1.93.